The van der Waals surface area contributed by atoms with Gasteiger partial charge in [-0.3, -0.25) is 28.1 Å². The third-order valence-electron chi connectivity index (χ3n) is 14.4. The van der Waals surface area contributed by atoms with E-state index in [1.165, 1.54) is 21.5 Å². The molecule has 8 aromatic rings. The number of carbonyl (C=O) groups excluding carboxylic acids is 1. The van der Waals surface area contributed by atoms with E-state index >= 15 is 13.6 Å². The Kier molecular flexibility index (Phi) is 9.39. The average molecular weight is 897 g/mol. The summed E-state index contributed by atoms with van der Waals surface area (Å²) in [5.74, 6) is -0.908. The Hall–Kier alpha value is -6.88. The molecule has 11 rings (SSSR count). The first kappa shape index (κ1) is 41.8. The minimum absolute atomic E-state index is 0.00315. The molecule has 1 amide bonds. The maximum Gasteiger partial charge on any atom is 0.438 e. The van der Waals surface area contributed by atoms with E-state index in [0.717, 1.165) is 29.3 Å². The number of fused-ring (bicyclic) bond motifs is 3. The average Bonchev–Trinajstić information content (AvgIpc) is 3.87. The van der Waals surface area contributed by atoms with Crippen LogP contribution in [0.2, 0.25) is 0 Å². The van der Waals surface area contributed by atoms with Gasteiger partial charge in [0.15, 0.2) is 11.6 Å². The molecule has 3 aromatic carbocycles. The predicted molar refractivity (Wildman–Crippen MR) is 242 cm³/mol. The minimum atomic E-state index is -0.861. The molecule has 1 N–H and O–H groups in total. The highest BCUT2D eigenvalue weighted by atomic mass is 19.1. The van der Waals surface area contributed by atoms with E-state index in [-0.39, 0.29) is 40.2 Å². The van der Waals surface area contributed by atoms with Crippen LogP contribution in [0.25, 0.3) is 39.0 Å². The van der Waals surface area contributed by atoms with Crippen molar-refractivity contribution in [3.63, 3.8) is 0 Å². The fourth-order valence-electron chi connectivity index (χ4n) is 11.0. The molecule has 3 aliphatic rings. The minimum Gasteiger partial charge on any atom is -0.376 e. The number of benzene rings is 3. The maximum atomic E-state index is 16.2. The Balaban J connectivity index is 1.07. The van der Waals surface area contributed by atoms with Gasteiger partial charge in [0.05, 0.1) is 45.8 Å². The maximum absolute atomic E-state index is 16.2. The molecule has 1 saturated carbocycles. The molecule has 0 spiro atoms. The van der Waals surface area contributed by atoms with Gasteiger partial charge >= 0.3 is 11.4 Å². The second-order valence-corrected chi connectivity index (χ2v) is 19.1. The number of ether oxygens (including phenoxy) is 1. The monoisotopic (exact) mass is 896 g/mol. The van der Waals surface area contributed by atoms with Crippen LogP contribution in [-0.2, 0) is 23.7 Å². The Morgan fingerprint density at radius 2 is 1.68 bits per heavy atom. The number of H-pyrrole nitrogens is 1. The Morgan fingerprint density at radius 3 is 2.39 bits per heavy atom. The molecule has 1 saturated heterocycles. The molecule has 17 heteroatoms. The van der Waals surface area contributed by atoms with E-state index in [1.807, 2.05) is 22.5 Å². The molecule has 340 valence electrons. The van der Waals surface area contributed by atoms with Crippen molar-refractivity contribution in [1.29, 1.82) is 0 Å². The lowest BCUT2D eigenvalue weighted by atomic mass is 9.83. The van der Waals surface area contributed by atoms with Crippen LogP contribution in [0, 0.1) is 31.4 Å². The molecule has 2 fully saturated rings. The summed E-state index contributed by atoms with van der Waals surface area (Å²) in [4.78, 5) is 47.6. The van der Waals surface area contributed by atoms with Crippen molar-refractivity contribution in [2.75, 3.05) is 13.2 Å². The molecule has 0 bridgehead atoms. The van der Waals surface area contributed by atoms with E-state index in [1.54, 1.807) is 60.7 Å². The fraction of sp³-hybridized carbons (Fsp3) is 0.388. The van der Waals surface area contributed by atoms with Crippen LogP contribution >= 0.6 is 0 Å². The van der Waals surface area contributed by atoms with Crippen LogP contribution in [0.3, 0.4) is 0 Å². The fourth-order valence-corrected chi connectivity index (χ4v) is 11.0. The van der Waals surface area contributed by atoms with Gasteiger partial charge in [0.2, 0.25) is 0 Å². The normalized spacial score (nSPS) is 21.7. The summed E-state index contributed by atoms with van der Waals surface area (Å²) in [5.41, 5.74) is 3.96. The highest BCUT2D eigenvalue weighted by Gasteiger charge is 2.59. The van der Waals surface area contributed by atoms with Gasteiger partial charge in [0.1, 0.15) is 22.9 Å². The number of hydrogen-bond acceptors (Lipinski definition) is 8. The summed E-state index contributed by atoms with van der Waals surface area (Å²) in [6.45, 7) is 12.6. The van der Waals surface area contributed by atoms with Crippen molar-refractivity contribution in [2.24, 2.45) is 13.0 Å². The quantitative estimate of drug-likeness (QED) is 0.170. The zero-order chi connectivity index (χ0) is 46.1. The molecular weight excluding hydrogens is 847 g/mol. The highest BCUT2D eigenvalue weighted by molar-refractivity contribution is 6.00. The van der Waals surface area contributed by atoms with E-state index in [2.05, 4.69) is 54.2 Å². The Morgan fingerprint density at radius 1 is 0.939 bits per heavy atom. The molecule has 2 aliphatic heterocycles. The number of nitrogens with zero attached hydrogens (tertiary/aromatic N) is 9. The standard InChI is InChI=1S/C49H50F2N10O5/c1-26-19-33(20-27(2)41(26)50)61-43(59-17-16-58(47(59)64)38-13-12-37-34(42(38)51)25-52-56(37)7)40-29(4)57(15-8-9-35(40)54-61)44(62)39-22-32-21-30(31-14-18-65-48(5,6)24-31)10-11-36(32)60(39)49(23-28(49)3)45-53-46(63)66-55-45/h10-13,16-17,19-22,25,28-29,31H,8-9,14-15,18,23-24H2,1-7H3,(H,53,55,63)/t28-,29-,31-,49-/m0/s1. The van der Waals surface area contributed by atoms with Gasteiger partial charge < -0.3 is 14.2 Å². The smallest absolute Gasteiger partial charge is 0.376 e. The number of aryl methyl sites for hydroxylation is 4. The van der Waals surface area contributed by atoms with Crippen LogP contribution < -0.4 is 11.4 Å². The number of nitrogens with one attached hydrogen (secondary N) is 1. The number of amides is 1. The van der Waals surface area contributed by atoms with Gasteiger partial charge in [-0.1, -0.05) is 18.1 Å². The number of imidazole rings is 1. The van der Waals surface area contributed by atoms with Crippen LogP contribution in [0.1, 0.15) is 110 Å². The number of aromatic nitrogens is 9. The lowest BCUT2D eigenvalue weighted by Crippen LogP contribution is -2.37. The van der Waals surface area contributed by atoms with E-state index in [0.29, 0.717) is 83.3 Å². The zero-order valence-electron chi connectivity index (χ0n) is 37.9. The molecule has 0 unspecified atom stereocenters. The summed E-state index contributed by atoms with van der Waals surface area (Å²) in [6, 6.07) is 14.3. The molecule has 1 aliphatic carbocycles. The van der Waals surface area contributed by atoms with Gasteiger partial charge in [-0.25, -0.2) is 23.1 Å². The molecule has 5 aromatic heterocycles. The number of halogens is 2. The van der Waals surface area contributed by atoms with E-state index < -0.39 is 28.8 Å². The molecule has 66 heavy (non-hydrogen) atoms. The summed E-state index contributed by atoms with van der Waals surface area (Å²) < 4.78 is 50.4. The molecular formula is C49H50F2N10O5. The number of hydrogen-bond donors (Lipinski definition) is 1. The first-order valence-electron chi connectivity index (χ1n) is 22.5. The van der Waals surface area contributed by atoms with Gasteiger partial charge in [-0.2, -0.15) is 10.2 Å². The van der Waals surface area contributed by atoms with Crippen LogP contribution in [-0.4, -0.2) is 73.0 Å². The summed E-state index contributed by atoms with van der Waals surface area (Å²) in [6.07, 6.45) is 7.88. The zero-order valence-corrected chi connectivity index (χ0v) is 37.9. The van der Waals surface area contributed by atoms with Crippen molar-refractivity contribution in [3.05, 3.63) is 139 Å². The molecule has 15 nitrogen and oxygen atoms in total. The van der Waals surface area contributed by atoms with Crippen LogP contribution in [0.4, 0.5) is 8.78 Å². The van der Waals surface area contributed by atoms with Crippen molar-refractivity contribution >= 4 is 27.7 Å². The largest absolute Gasteiger partial charge is 0.438 e. The Labute approximate surface area is 377 Å². The highest BCUT2D eigenvalue weighted by Crippen LogP contribution is 2.56. The third kappa shape index (κ3) is 6.29. The summed E-state index contributed by atoms with van der Waals surface area (Å²) in [5, 5.41) is 14.7. The van der Waals surface area contributed by atoms with Gasteiger partial charge in [-0.15, -0.1) is 0 Å². The number of rotatable bonds is 7. The van der Waals surface area contributed by atoms with Crippen LogP contribution in [0.5, 0.6) is 0 Å². The van der Waals surface area contributed by atoms with Crippen molar-refractivity contribution < 1.29 is 22.8 Å². The molecule has 0 radical (unpaired) electrons. The first-order chi connectivity index (χ1) is 31.6. The lowest BCUT2D eigenvalue weighted by Gasteiger charge is -2.35. The van der Waals surface area contributed by atoms with Gasteiger partial charge in [0, 0.05) is 49.1 Å². The summed E-state index contributed by atoms with van der Waals surface area (Å²) >= 11 is 0. The van der Waals surface area contributed by atoms with Crippen molar-refractivity contribution in [1.82, 2.24) is 48.3 Å². The van der Waals surface area contributed by atoms with Gasteiger partial charge in [-0.05, 0) is 138 Å². The SMILES string of the molecule is Cc1cc(-n2nc3c(c2-n2ccn(-c4ccc5c(cnn5C)c4F)c2=O)[C@H](C)N(C(=O)c2cc4cc([C@H]5CCOC(C)(C)C5)ccc4n2[C@@]2(c4noc(=O)[nH]4)C[C@@H]2C)CCC3)cc(C)c1F. The third-order valence-corrected chi connectivity index (χ3v) is 14.4. The first-order valence-corrected chi connectivity index (χ1v) is 22.5. The number of aromatic amines is 1. The van der Waals surface area contributed by atoms with Crippen molar-refractivity contribution in [2.45, 2.75) is 96.7 Å². The second-order valence-electron chi connectivity index (χ2n) is 19.1. The summed E-state index contributed by atoms with van der Waals surface area (Å²) in [7, 11) is 1.72. The van der Waals surface area contributed by atoms with Crippen LogP contribution in [0.15, 0.2) is 81.2 Å². The molecule has 7 heterocycles. The second kappa shape index (κ2) is 14.8. The van der Waals surface area contributed by atoms with Gasteiger partial charge in [0.25, 0.3) is 5.91 Å². The van der Waals surface area contributed by atoms with E-state index in [9.17, 15) is 9.59 Å². The predicted octanol–water partition coefficient (Wildman–Crippen LogP) is 7.83. The molecule has 4 atom stereocenters. The van der Waals surface area contributed by atoms with Crippen molar-refractivity contribution in [3.8, 4) is 17.2 Å². The Bertz CT molecular complexity index is 3390. The topological polar surface area (TPSA) is 156 Å². The lowest BCUT2D eigenvalue weighted by molar-refractivity contribution is -0.0592. The van der Waals surface area contributed by atoms with E-state index in [4.69, 9.17) is 14.4 Å². The number of carbonyl (C=O) groups is 1.